The zero-order valence-corrected chi connectivity index (χ0v) is 12.4. The smallest absolute Gasteiger partial charge is 0.241 e. The van der Waals surface area contributed by atoms with Crippen LogP contribution in [0.3, 0.4) is 0 Å². The molecule has 4 nitrogen and oxygen atoms in total. The quantitative estimate of drug-likeness (QED) is 0.835. The summed E-state index contributed by atoms with van der Waals surface area (Å²) >= 11 is 0. The number of fused-ring (bicyclic) bond motifs is 3. The summed E-state index contributed by atoms with van der Waals surface area (Å²) in [7, 11) is 0. The molecule has 4 saturated heterocycles. The summed E-state index contributed by atoms with van der Waals surface area (Å²) in [5.74, 6) is 1.68. The van der Waals surface area contributed by atoms with Gasteiger partial charge in [-0.2, -0.15) is 0 Å². The molecule has 4 rings (SSSR count). The van der Waals surface area contributed by atoms with Crippen molar-refractivity contribution in [3.8, 4) is 0 Å². The lowest BCUT2D eigenvalue weighted by molar-refractivity contribution is -0.136. The van der Waals surface area contributed by atoms with Gasteiger partial charge >= 0.3 is 0 Å². The molecule has 0 radical (unpaired) electrons. The van der Waals surface area contributed by atoms with Crippen LogP contribution in [-0.2, 0) is 4.79 Å². The second-order valence-corrected chi connectivity index (χ2v) is 6.98. The maximum atomic E-state index is 12.5. The van der Waals surface area contributed by atoms with E-state index in [-0.39, 0.29) is 12.2 Å². The highest BCUT2D eigenvalue weighted by atomic mass is 16.2. The third-order valence-corrected chi connectivity index (χ3v) is 5.08. The summed E-state index contributed by atoms with van der Waals surface area (Å²) in [6.07, 6.45) is 3.88. The summed E-state index contributed by atoms with van der Waals surface area (Å²) < 4.78 is 0. The second-order valence-electron chi connectivity index (χ2n) is 6.98. The minimum atomic E-state index is -0.000738. The maximum absolute atomic E-state index is 12.5. The van der Waals surface area contributed by atoms with Crippen molar-refractivity contribution in [2.75, 3.05) is 19.6 Å². The molecule has 1 N–H and O–H groups in total. The second kappa shape index (κ2) is 5.06. The van der Waals surface area contributed by atoms with E-state index in [1.807, 2.05) is 6.92 Å². The third-order valence-electron chi connectivity index (χ3n) is 5.08. The van der Waals surface area contributed by atoms with E-state index >= 15 is 0 Å². The van der Waals surface area contributed by atoms with Gasteiger partial charge in [0.2, 0.25) is 5.91 Å². The molecule has 0 aromatic rings. The van der Waals surface area contributed by atoms with Crippen LogP contribution in [0.1, 0.15) is 40.0 Å². The van der Waals surface area contributed by atoms with Crippen LogP contribution in [0.25, 0.3) is 0 Å². The molecule has 0 aromatic heterocycles. The van der Waals surface area contributed by atoms with Crippen LogP contribution in [0.5, 0.6) is 0 Å². The molecule has 0 saturated carbocycles. The fourth-order valence-corrected chi connectivity index (χ4v) is 4.09. The van der Waals surface area contributed by atoms with E-state index in [0.717, 1.165) is 18.9 Å². The summed E-state index contributed by atoms with van der Waals surface area (Å²) in [5.41, 5.74) is 0. The molecule has 1 amide bonds. The molecular weight excluding hydrogens is 238 g/mol. The zero-order chi connectivity index (χ0) is 13.6. The normalized spacial score (nSPS) is 42.4. The summed E-state index contributed by atoms with van der Waals surface area (Å²) in [4.78, 5) is 17.3. The van der Waals surface area contributed by atoms with Crippen molar-refractivity contribution in [1.29, 1.82) is 0 Å². The lowest BCUT2D eigenvalue weighted by Crippen LogP contribution is -2.60. The molecule has 2 bridgehead atoms. The number of carbonyl (C=O) groups excluding carboxylic acids is 1. The summed E-state index contributed by atoms with van der Waals surface area (Å²) in [6, 6.07) is 0.454. The van der Waals surface area contributed by atoms with Gasteiger partial charge in [0.1, 0.15) is 0 Å². The van der Waals surface area contributed by atoms with Gasteiger partial charge < -0.3 is 9.80 Å². The first-order chi connectivity index (χ1) is 9.06. The van der Waals surface area contributed by atoms with Crippen molar-refractivity contribution < 1.29 is 4.79 Å². The Labute approximate surface area is 116 Å². The molecular formula is C15H27N3O. The lowest BCUT2D eigenvalue weighted by Gasteiger charge is -2.49. The number of carbonyl (C=O) groups is 1. The zero-order valence-electron chi connectivity index (χ0n) is 12.4. The van der Waals surface area contributed by atoms with Crippen LogP contribution < -0.4 is 5.32 Å². The Morgan fingerprint density at radius 3 is 2.53 bits per heavy atom. The molecule has 108 valence electrons. The van der Waals surface area contributed by atoms with Crippen LogP contribution in [0, 0.1) is 11.8 Å². The van der Waals surface area contributed by atoms with E-state index in [1.165, 1.54) is 25.9 Å². The largest absolute Gasteiger partial charge is 0.321 e. The van der Waals surface area contributed by atoms with Crippen molar-refractivity contribution in [3.63, 3.8) is 0 Å². The average Bonchev–Trinajstić information content (AvgIpc) is 2.65. The topological polar surface area (TPSA) is 35.6 Å². The SMILES string of the molecule is CC(C)CC1NC(C)C(=O)N1C1CN2CCC1CC2. The molecule has 3 unspecified atom stereocenters. The fourth-order valence-electron chi connectivity index (χ4n) is 4.09. The van der Waals surface area contributed by atoms with Gasteiger partial charge in [-0.25, -0.2) is 0 Å². The number of piperidine rings is 3. The molecule has 4 heterocycles. The molecule has 0 aromatic carbocycles. The summed E-state index contributed by atoms with van der Waals surface area (Å²) in [5, 5.41) is 3.50. The van der Waals surface area contributed by atoms with Crippen LogP contribution in [0.4, 0.5) is 0 Å². The van der Waals surface area contributed by atoms with Crippen molar-refractivity contribution in [1.82, 2.24) is 15.1 Å². The van der Waals surface area contributed by atoms with Gasteiger partial charge in [0.05, 0.1) is 12.2 Å². The van der Waals surface area contributed by atoms with Crippen LogP contribution >= 0.6 is 0 Å². The van der Waals surface area contributed by atoms with E-state index < -0.39 is 0 Å². The first-order valence-corrected chi connectivity index (χ1v) is 7.87. The minimum absolute atomic E-state index is 0.000738. The monoisotopic (exact) mass is 265 g/mol. The number of hydrogen-bond acceptors (Lipinski definition) is 3. The Kier molecular flexibility index (Phi) is 3.56. The van der Waals surface area contributed by atoms with Gasteiger partial charge in [0.25, 0.3) is 0 Å². The molecule has 4 aliphatic rings. The molecule has 3 atom stereocenters. The van der Waals surface area contributed by atoms with Gasteiger partial charge in [0.15, 0.2) is 0 Å². The predicted molar refractivity (Wildman–Crippen MR) is 75.6 cm³/mol. The van der Waals surface area contributed by atoms with E-state index in [1.54, 1.807) is 0 Å². The van der Waals surface area contributed by atoms with E-state index in [4.69, 9.17) is 0 Å². The van der Waals surface area contributed by atoms with Crippen LogP contribution in [0.15, 0.2) is 0 Å². The molecule has 4 fully saturated rings. The predicted octanol–water partition coefficient (Wildman–Crippen LogP) is 1.27. The molecule has 4 aliphatic heterocycles. The Hall–Kier alpha value is -0.610. The highest BCUT2D eigenvalue weighted by Crippen LogP contribution is 2.34. The van der Waals surface area contributed by atoms with Crippen molar-refractivity contribution >= 4 is 5.91 Å². The van der Waals surface area contributed by atoms with Crippen molar-refractivity contribution in [2.24, 2.45) is 11.8 Å². The summed E-state index contributed by atoms with van der Waals surface area (Å²) in [6.45, 7) is 10.1. The van der Waals surface area contributed by atoms with Crippen molar-refractivity contribution in [2.45, 2.75) is 58.3 Å². The third kappa shape index (κ3) is 2.40. The van der Waals surface area contributed by atoms with Gasteiger partial charge in [0, 0.05) is 12.6 Å². The lowest BCUT2D eigenvalue weighted by atomic mass is 9.82. The minimum Gasteiger partial charge on any atom is -0.321 e. The van der Waals surface area contributed by atoms with Crippen LogP contribution in [-0.4, -0.2) is 53.6 Å². The Morgan fingerprint density at radius 1 is 1.32 bits per heavy atom. The van der Waals surface area contributed by atoms with Gasteiger partial charge in [-0.1, -0.05) is 13.8 Å². The highest BCUT2D eigenvalue weighted by Gasteiger charge is 2.46. The average molecular weight is 265 g/mol. The molecule has 0 spiro atoms. The first-order valence-electron chi connectivity index (χ1n) is 7.87. The molecule has 0 aliphatic carbocycles. The fraction of sp³-hybridized carbons (Fsp3) is 0.933. The number of nitrogens with zero attached hydrogens (tertiary/aromatic N) is 2. The Balaban J connectivity index is 1.78. The van der Waals surface area contributed by atoms with Gasteiger partial charge in [-0.3, -0.25) is 10.1 Å². The number of amides is 1. The van der Waals surface area contributed by atoms with Crippen molar-refractivity contribution in [3.05, 3.63) is 0 Å². The maximum Gasteiger partial charge on any atom is 0.241 e. The van der Waals surface area contributed by atoms with Crippen LogP contribution in [0.2, 0.25) is 0 Å². The van der Waals surface area contributed by atoms with E-state index in [0.29, 0.717) is 17.9 Å². The molecule has 19 heavy (non-hydrogen) atoms. The standard InChI is InChI=1S/C15H27N3O/c1-10(2)8-14-16-11(3)15(19)18(14)13-9-17-6-4-12(13)5-7-17/h10-14,16H,4-9H2,1-3H3. The Bertz CT molecular complexity index is 349. The van der Waals surface area contributed by atoms with Gasteiger partial charge in [-0.15, -0.1) is 0 Å². The molecule has 4 heteroatoms. The first kappa shape index (κ1) is 13.4. The number of rotatable bonds is 3. The number of nitrogens with one attached hydrogen (secondary N) is 1. The Morgan fingerprint density at radius 2 is 2.00 bits per heavy atom. The highest BCUT2D eigenvalue weighted by molar-refractivity contribution is 5.84. The van der Waals surface area contributed by atoms with E-state index in [2.05, 4.69) is 29.0 Å². The van der Waals surface area contributed by atoms with Gasteiger partial charge in [-0.05, 0) is 51.1 Å². The van der Waals surface area contributed by atoms with E-state index in [9.17, 15) is 4.79 Å². The number of hydrogen-bond donors (Lipinski definition) is 1.